The first-order valence-corrected chi connectivity index (χ1v) is 8.91. The molecule has 1 aliphatic heterocycles. The minimum absolute atomic E-state index is 0.102. The predicted octanol–water partition coefficient (Wildman–Crippen LogP) is 1.70. The molecular formula is C19H24FN5O2. The molecule has 1 aromatic heterocycles. The topological polar surface area (TPSA) is 84.6 Å². The summed E-state index contributed by atoms with van der Waals surface area (Å²) in [7, 11) is 1.98. The highest BCUT2D eigenvalue weighted by Gasteiger charge is 2.32. The lowest BCUT2D eigenvalue weighted by molar-refractivity contribution is -0.137. The van der Waals surface area contributed by atoms with Crippen molar-refractivity contribution in [1.82, 2.24) is 19.8 Å². The Morgan fingerprint density at radius 3 is 3.04 bits per heavy atom. The molecule has 8 heteroatoms. The molecule has 1 aliphatic rings. The van der Waals surface area contributed by atoms with Crippen LogP contribution in [0.4, 0.5) is 10.2 Å². The number of carbonyl (C=O) groups excluding carboxylic acids is 1. The molecular weight excluding hydrogens is 349 g/mol. The number of nitrogens with zero attached hydrogens (tertiary/aromatic N) is 4. The quantitative estimate of drug-likeness (QED) is 0.830. The van der Waals surface area contributed by atoms with Gasteiger partial charge in [0.2, 0.25) is 0 Å². The van der Waals surface area contributed by atoms with Crippen LogP contribution in [-0.2, 0) is 11.3 Å². The van der Waals surface area contributed by atoms with Crippen molar-refractivity contribution in [3.8, 4) is 5.75 Å². The molecule has 1 fully saturated rings. The van der Waals surface area contributed by atoms with Crippen LogP contribution in [0.2, 0.25) is 0 Å². The van der Waals surface area contributed by atoms with Crippen LogP contribution in [0.15, 0.2) is 36.5 Å². The van der Waals surface area contributed by atoms with Gasteiger partial charge in [0.25, 0.3) is 5.91 Å². The summed E-state index contributed by atoms with van der Waals surface area (Å²) < 4.78 is 18.9. The van der Waals surface area contributed by atoms with Crippen molar-refractivity contribution >= 4 is 11.7 Å². The van der Waals surface area contributed by atoms with E-state index in [1.54, 1.807) is 36.2 Å². The zero-order chi connectivity index (χ0) is 19.4. The van der Waals surface area contributed by atoms with Crippen molar-refractivity contribution in [2.24, 2.45) is 0 Å². The van der Waals surface area contributed by atoms with Gasteiger partial charge in [-0.1, -0.05) is 6.07 Å². The number of likely N-dealkylation sites (N-methyl/N-ethyl adjacent to an activating group) is 1. The van der Waals surface area contributed by atoms with Crippen LogP contribution in [0.1, 0.15) is 19.2 Å². The molecule has 0 bridgehead atoms. The van der Waals surface area contributed by atoms with Crippen molar-refractivity contribution in [1.29, 1.82) is 0 Å². The maximum atomic E-state index is 13.3. The van der Waals surface area contributed by atoms with Gasteiger partial charge in [-0.15, -0.1) is 0 Å². The first-order chi connectivity index (χ1) is 12.9. The molecule has 7 nitrogen and oxygen atoms in total. The maximum absolute atomic E-state index is 13.3. The van der Waals surface area contributed by atoms with Gasteiger partial charge in [0.1, 0.15) is 23.2 Å². The Bertz CT molecular complexity index is 803. The van der Waals surface area contributed by atoms with Crippen LogP contribution in [0, 0.1) is 5.82 Å². The van der Waals surface area contributed by atoms with Crippen molar-refractivity contribution in [3.63, 3.8) is 0 Å². The summed E-state index contributed by atoms with van der Waals surface area (Å²) in [5, 5.41) is 0. The third-order valence-electron chi connectivity index (χ3n) is 4.67. The van der Waals surface area contributed by atoms with Crippen molar-refractivity contribution in [2.45, 2.75) is 32.0 Å². The second-order valence-electron chi connectivity index (χ2n) is 6.76. The molecule has 144 valence electrons. The summed E-state index contributed by atoms with van der Waals surface area (Å²) in [6.07, 6.45) is 1.83. The number of ether oxygens (including phenoxy) is 1. The number of nitrogen functional groups attached to an aromatic ring is 1. The second kappa shape index (κ2) is 8.30. The molecule has 2 heterocycles. The van der Waals surface area contributed by atoms with E-state index in [1.807, 2.05) is 7.05 Å². The highest BCUT2D eigenvalue weighted by atomic mass is 19.1. The van der Waals surface area contributed by atoms with Gasteiger partial charge in [0.05, 0.1) is 6.54 Å². The summed E-state index contributed by atoms with van der Waals surface area (Å²) in [6.45, 7) is 3.51. The first kappa shape index (κ1) is 19.0. The fourth-order valence-electron chi connectivity index (χ4n) is 3.20. The number of halogens is 1. The van der Waals surface area contributed by atoms with Crippen molar-refractivity contribution in [3.05, 3.63) is 48.2 Å². The number of rotatable bonds is 6. The normalized spacial score (nSPS) is 17.9. The Balaban J connectivity index is 1.54. The van der Waals surface area contributed by atoms with E-state index in [2.05, 4.69) is 14.9 Å². The standard InChI is InChI=1S/C19H24FN5O2/c1-13(27-16-5-3-4-14(20)10-16)19(26)25-9-7-15(11-25)24(2)12-18-22-8-6-17(21)23-18/h3-6,8,10,13,15H,7,9,11-12H2,1-2H3,(H2,21,22,23)/t13-,15-/m0/s1. The van der Waals surface area contributed by atoms with E-state index in [0.29, 0.717) is 37.0 Å². The number of benzene rings is 1. The van der Waals surface area contributed by atoms with E-state index >= 15 is 0 Å². The third kappa shape index (κ3) is 4.91. The van der Waals surface area contributed by atoms with Crippen LogP contribution in [-0.4, -0.2) is 58.0 Å². The van der Waals surface area contributed by atoms with Crippen LogP contribution in [0.3, 0.4) is 0 Å². The lowest BCUT2D eigenvalue weighted by atomic mass is 10.2. The average molecular weight is 373 g/mol. The molecule has 1 saturated heterocycles. The molecule has 3 rings (SSSR count). The van der Waals surface area contributed by atoms with Crippen molar-refractivity contribution < 1.29 is 13.9 Å². The highest BCUT2D eigenvalue weighted by Crippen LogP contribution is 2.19. The zero-order valence-electron chi connectivity index (χ0n) is 15.5. The average Bonchev–Trinajstić information content (AvgIpc) is 3.11. The monoisotopic (exact) mass is 373 g/mol. The summed E-state index contributed by atoms with van der Waals surface area (Å²) >= 11 is 0. The highest BCUT2D eigenvalue weighted by molar-refractivity contribution is 5.81. The first-order valence-electron chi connectivity index (χ1n) is 8.91. The Kier molecular flexibility index (Phi) is 5.85. The third-order valence-corrected chi connectivity index (χ3v) is 4.67. The number of aromatic nitrogens is 2. The number of hydrogen-bond donors (Lipinski definition) is 1. The number of likely N-dealkylation sites (tertiary alicyclic amines) is 1. The smallest absolute Gasteiger partial charge is 0.263 e. The van der Waals surface area contributed by atoms with Gasteiger partial charge in [0, 0.05) is 31.4 Å². The van der Waals surface area contributed by atoms with Gasteiger partial charge in [-0.3, -0.25) is 9.69 Å². The summed E-state index contributed by atoms with van der Waals surface area (Å²) in [5.74, 6) is 0.960. The van der Waals surface area contributed by atoms with Crippen LogP contribution < -0.4 is 10.5 Å². The summed E-state index contributed by atoms with van der Waals surface area (Å²) in [6, 6.07) is 7.67. The summed E-state index contributed by atoms with van der Waals surface area (Å²) in [4.78, 5) is 25.0. The van der Waals surface area contributed by atoms with Gasteiger partial charge in [-0.25, -0.2) is 14.4 Å². The van der Waals surface area contributed by atoms with Crippen molar-refractivity contribution in [2.75, 3.05) is 25.9 Å². The SMILES string of the molecule is C[C@H](Oc1cccc(F)c1)C(=O)N1CC[C@H](N(C)Cc2nccc(N)n2)C1. The van der Waals surface area contributed by atoms with E-state index < -0.39 is 11.9 Å². The van der Waals surface area contributed by atoms with E-state index in [0.717, 1.165) is 6.42 Å². The minimum Gasteiger partial charge on any atom is -0.481 e. The molecule has 0 spiro atoms. The Morgan fingerprint density at radius 2 is 2.30 bits per heavy atom. The van der Waals surface area contributed by atoms with Gasteiger partial charge < -0.3 is 15.4 Å². The lowest BCUT2D eigenvalue weighted by Gasteiger charge is -2.25. The molecule has 2 atom stereocenters. The fraction of sp³-hybridized carbons (Fsp3) is 0.421. The number of nitrogens with two attached hydrogens (primary N) is 1. The number of hydrogen-bond acceptors (Lipinski definition) is 6. The molecule has 1 aromatic carbocycles. The molecule has 27 heavy (non-hydrogen) atoms. The van der Waals surface area contributed by atoms with E-state index in [9.17, 15) is 9.18 Å². The Hall–Kier alpha value is -2.74. The number of amides is 1. The Labute approximate surface area is 158 Å². The summed E-state index contributed by atoms with van der Waals surface area (Å²) in [5.41, 5.74) is 5.70. The zero-order valence-corrected chi connectivity index (χ0v) is 15.5. The fourth-order valence-corrected chi connectivity index (χ4v) is 3.20. The lowest BCUT2D eigenvalue weighted by Crippen LogP contribution is -2.41. The molecule has 0 aliphatic carbocycles. The van der Waals surface area contributed by atoms with Gasteiger partial charge >= 0.3 is 0 Å². The molecule has 2 aromatic rings. The van der Waals surface area contributed by atoms with Gasteiger partial charge in [-0.05, 0) is 38.6 Å². The van der Waals surface area contributed by atoms with E-state index in [-0.39, 0.29) is 11.9 Å². The largest absolute Gasteiger partial charge is 0.481 e. The molecule has 1 amide bonds. The number of carbonyl (C=O) groups is 1. The second-order valence-corrected chi connectivity index (χ2v) is 6.76. The molecule has 0 radical (unpaired) electrons. The molecule has 2 N–H and O–H groups in total. The van der Waals surface area contributed by atoms with Gasteiger partial charge in [0.15, 0.2) is 6.10 Å². The van der Waals surface area contributed by atoms with Crippen LogP contribution in [0.25, 0.3) is 0 Å². The molecule has 0 saturated carbocycles. The van der Waals surface area contributed by atoms with Crippen LogP contribution >= 0.6 is 0 Å². The number of anilines is 1. The van der Waals surface area contributed by atoms with Gasteiger partial charge in [-0.2, -0.15) is 0 Å². The van der Waals surface area contributed by atoms with E-state index in [1.165, 1.54) is 12.1 Å². The minimum atomic E-state index is -0.673. The van der Waals surface area contributed by atoms with E-state index in [4.69, 9.17) is 10.5 Å². The van der Waals surface area contributed by atoms with Crippen LogP contribution in [0.5, 0.6) is 5.75 Å². The maximum Gasteiger partial charge on any atom is 0.263 e. The Morgan fingerprint density at radius 1 is 1.48 bits per heavy atom. The predicted molar refractivity (Wildman–Crippen MR) is 99.4 cm³/mol. The molecule has 0 unspecified atom stereocenters.